The van der Waals surface area contributed by atoms with E-state index in [9.17, 15) is 0 Å². The Balaban J connectivity index is 1.51. The smallest absolute Gasteiger partial charge is 0.237 e. The number of rotatable bonds is 5. The second-order valence-corrected chi connectivity index (χ2v) is 6.17. The SMILES string of the molecule is c1ccc(SCc2nc(CC3CCCNC3)no2)cc1. The maximum atomic E-state index is 5.33. The molecule has 0 bridgehead atoms. The van der Waals surface area contributed by atoms with Gasteiger partial charge in [-0.1, -0.05) is 23.4 Å². The molecule has 0 saturated carbocycles. The second-order valence-electron chi connectivity index (χ2n) is 5.12. The fourth-order valence-electron chi connectivity index (χ4n) is 2.45. The van der Waals surface area contributed by atoms with Gasteiger partial charge in [-0.3, -0.25) is 0 Å². The molecule has 1 aliphatic rings. The number of nitrogens with zero attached hydrogens (tertiary/aromatic N) is 2. The quantitative estimate of drug-likeness (QED) is 0.858. The minimum atomic E-state index is 0.649. The van der Waals surface area contributed by atoms with Gasteiger partial charge >= 0.3 is 0 Å². The molecule has 1 aromatic heterocycles. The standard InChI is InChI=1S/C15H19N3OS/c1-2-6-13(7-3-1)20-11-15-17-14(18-19-15)9-12-5-4-8-16-10-12/h1-3,6-7,12,16H,4-5,8-11H2. The average Bonchev–Trinajstić information content (AvgIpc) is 2.95. The van der Waals surface area contributed by atoms with E-state index in [4.69, 9.17) is 4.52 Å². The summed E-state index contributed by atoms with van der Waals surface area (Å²) in [5.74, 6) is 2.95. The van der Waals surface area contributed by atoms with Crippen LogP contribution in [0.15, 0.2) is 39.8 Å². The molecule has 0 radical (unpaired) electrons. The van der Waals surface area contributed by atoms with Gasteiger partial charge in [0.25, 0.3) is 0 Å². The number of hydrogen-bond acceptors (Lipinski definition) is 5. The number of thioether (sulfide) groups is 1. The lowest BCUT2D eigenvalue weighted by Gasteiger charge is -2.20. The van der Waals surface area contributed by atoms with Crippen molar-refractivity contribution < 1.29 is 4.52 Å². The van der Waals surface area contributed by atoms with Gasteiger partial charge in [-0.25, -0.2) is 0 Å². The Bertz CT molecular complexity index is 523. The summed E-state index contributed by atoms with van der Waals surface area (Å²) in [6, 6.07) is 10.3. The molecule has 5 heteroatoms. The molecule has 20 heavy (non-hydrogen) atoms. The third-order valence-electron chi connectivity index (χ3n) is 3.49. The van der Waals surface area contributed by atoms with Gasteiger partial charge in [0.1, 0.15) is 0 Å². The van der Waals surface area contributed by atoms with Crippen molar-refractivity contribution in [3.8, 4) is 0 Å². The molecule has 1 saturated heterocycles. The average molecular weight is 289 g/mol. The molecule has 3 rings (SSSR count). The van der Waals surface area contributed by atoms with E-state index in [-0.39, 0.29) is 0 Å². The van der Waals surface area contributed by atoms with E-state index >= 15 is 0 Å². The first-order valence-electron chi connectivity index (χ1n) is 7.10. The summed E-state index contributed by atoms with van der Waals surface area (Å²) < 4.78 is 5.33. The lowest BCUT2D eigenvalue weighted by Crippen LogP contribution is -2.31. The zero-order chi connectivity index (χ0) is 13.6. The van der Waals surface area contributed by atoms with Gasteiger partial charge in [0, 0.05) is 11.3 Å². The van der Waals surface area contributed by atoms with Crippen LogP contribution in [0.5, 0.6) is 0 Å². The highest BCUT2D eigenvalue weighted by Crippen LogP contribution is 2.22. The van der Waals surface area contributed by atoms with Gasteiger partial charge in [-0.15, -0.1) is 11.8 Å². The summed E-state index contributed by atoms with van der Waals surface area (Å²) in [6.07, 6.45) is 3.43. The van der Waals surface area contributed by atoms with Crippen LogP contribution in [0.1, 0.15) is 24.6 Å². The molecular formula is C15H19N3OS. The topological polar surface area (TPSA) is 51.0 Å². The Morgan fingerprint density at radius 1 is 1.30 bits per heavy atom. The largest absolute Gasteiger partial charge is 0.338 e. The Morgan fingerprint density at radius 2 is 2.20 bits per heavy atom. The summed E-state index contributed by atoms with van der Waals surface area (Å²) in [5, 5.41) is 7.51. The van der Waals surface area contributed by atoms with Gasteiger partial charge in [0.05, 0.1) is 5.75 Å². The molecule has 1 aliphatic heterocycles. The van der Waals surface area contributed by atoms with Crippen LogP contribution in [0.25, 0.3) is 0 Å². The van der Waals surface area contributed by atoms with E-state index in [1.54, 1.807) is 11.8 Å². The normalized spacial score (nSPS) is 19.1. The minimum Gasteiger partial charge on any atom is -0.338 e. The molecule has 0 aliphatic carbocycles. The van der Waals surface area contributed by atoms with Crippen molar-refractivity contribution in [1.29, 1.82) is 0 Å². The van der Waals surface area contributed by atoms with E-state index in [1.165, 1.54) is 17.7 Å². The highest BCUT2D eigenvalue weighted by Gasteiger charge is 2.16. The van der Waals surface area contributed by atoms with Crippen LogP contribution >= 0.6 is 11.8 Å². The Kier molecular flexibility index (Phi) is 4.71. The van der Waals surface area contributed by atoms with Crippen molar-refractivity contribution in [2.75, 3.05) is 13.1 Å². The first-order chi connectivity index (χ1) is 9.90. The van der Waals surface area contributed by atoms with Crippen LogP contribution in [-0.2, 0) is 12.2 Å². The van der Waals surface area contributed by atoms with E-state index < -0.39 is 0 Å². The second kappa shape index (κ2) is 6.90. The van der Waals surface area contributed by atoms with Crippen molar-refractivity contribution in [2.45, 2.75) is 29.9 Å². The van der Waals surface area contributed by atoms with Gasteiger partial charge in [-0.05, 0) is 44.0 Å². The van der Waals surface area contributed by atoms with Crippen molar-refractivity contribution >= 4 is 11.8 Å². The van der Waals surface area contributed by atoms with Crippen LogP contribution in [0.2, 0.25) is 0 Å². The Hall–Kier alpha value is -1.33. The molecular weight excluding hydrogens is 270 g/mol. The molecule has 0 spiro atoms. The Labute approximate surface area is 123 Å². The van der Waals surface area contributed by atoms with Gasteiger partial charge in [-0.2, -0.15) is 4.98 Å². The monoisotopic (exact) mass is 289 g/mol. The van der Waals surface area contributed by atoms with Crippen molar-refractivity contribution in [2.24, 2.45) is 5.92 Å². The van der Waals surface area contributed by atoms with Crippen LogP contribution in [-0.4, -0.2) is 23.2 Å². The molecule has 1 N–H and O–H groups in total. The van der Waals surface area contributed by atoms with Crippen molar-refractivity contribution in [3.05, 3.63) is 42.0 Å². The maximum Gasteiger partial charge on any atom is 0.237 e. The first kappa shape index (κ1) is 13.6. The number of aromatic nitrogens is 2. The van der Waals surface area contributed by atoms with E-state index in [1.807, 2.05) is 18.2 Å². The summed E-state index contributed by atoms with van der Waals surface area (Å²) >= 11 is 1.72. The van der Waals surface area contributed by atoms with E-state index in [0.717, 1.165) is 37.0 Å². The summed E-state index contributed by atoms with van der Waals surface area (Å²) in [7, 11) is 0. The zero-order valence-electron chi connectivity index (χ0n) is 11.4. The lowest BCUT2D eigenvalue weighted by molar-refractivity contribution is 0.353. The van der Waals surface area contributed by atoms with Crippen molar-refractivity contribution in [1.82, 2.24) is 15.5 Å². The zero-order valence-corrected chi connectivity index (χ0v) is 12.2. The van der Waals surface area contributed by atoms with E-state index in [0.29, 0.717) is 5.92 Å². The highest BCUT2D eigenvalue weighted by molar-refractivity contribution is 7.98. The molecule has 4 nitrogen and oxygen atoms in total. The third-order valence-corrected chi connectivity index (χ3v) is 4.48. The predicted octanol–water partition coefficient (Wildman–Crippen LogP) is 2.90. The summed E-state index contributed by atoms with van der Waals surface area (Å²) in [5.41, 5.74) is 0. The predicted molar refractivity (Wildman–Crippen MR) is 79.6 cm³/mol. The summed E-state index contributed by atoms with van der Waals surface area (Å²) in [4.78, 5) is 5.72. The van der Waals surface area contributed by atoms with Gasteiger partial charge in [0.2, 0.25) is 5.89 Å². The van der Waals surface area contributed by atoms with Crippen molar-refractivity contribution in [3.63, 3.8) is 0 Å². The van der Waals surface area contributed by atoms with Crippen LogP contribution < -0.4 is 5.32 Å². The number of hydrogen-bond donors (Lipinski definition) is 1. The fraction of sp³-hybridized carbons (Fsp3) is 0.467. The number of piperidine rings is 1. The number of benzene rings is 1. The third kappa shape index (κ3) is 3.84. The molecule has 0 amide bonds. The fourth-order valence-corrected chi connectivity index (χ4v) is 3.21. The molecule has 1 atom stereocenters. The molecule has 2 aromatic rings. The minimum absolute atomic E-state index is 0.649. The molecule has 1 fully saturated rings. The van der Waals surface area contributed by atoms with Gasteiger partial charge in [0.15, 0.2) is 5.82 Å². The highest BCUT2D eigenvalue weighted by atomic mass is 32.2. The van der Waals surface area contributed by atoms with E-state index in [2.05, 4.69) is 27.6 Å². The summed E-state index contributed by atoms with van der Waals surface area (Å²) in [6.45, 7) is 2.21. The maximum absolute atomic E-state index is 5.33. The number of nitrogens with one attached hydrogen (secondary N) is 1. The molecule has 1 aromatic carbocycles. The first-order valence-corrected chi connectivity index (χ1v) is 8.09. The van der Waals surface area contributed by atoms with Crippen LogP contribution in [0, 0.1) is 5.92 Å². The Morgan fingerprint density at radius 3 is 3.00 bits per heavy atom. The molecule has 1 unspecified atom stereocenters. The van der Waals surface area contributed by atoms with Crippen LogP contribution in [0.3, 0.4) is 0 Å². The van der Waals surface area contributed by atoms with Crippen LogP contribution in [0.4, 0.5) is 0 Å². The lowest BCUT2D eigenvalue weighted by atomic mass is 9.96. The molecule has 106 valence electrons. The molecule has 2 heterocycles. The van der Waals surface area contributed by atoms with Gasteiger partial charge < -0.3 is 9.84 Å².